The van der Waals surface area contributed by atoms with Crippen LogP contribution in [0, 0.1) is 6.92 Å². The molecule has 0 radical (unpaired) electrons. The zero-order valence-electron chi connectivity index (χ0n) is 8.31. The standard InChI is InChI=1S/C8H11N3O2S2/c1-4-3-14-8(10-4)15-5(2)6(12)11-7(9)13/h3,5H,1-2H3,(H3,9,11,12,13). The molecule has 1 unspecified atom stereocenters. The smallest absolute Gasteiger partial charge is 0.318 e. The highest BCUT2D eigenvalue weighted by Gasteiger charge is 2.17. The van der Waals surface area contributed by atoms with Crippen molar-refractivity contribution in [1.82, 2.24) is 10.3 Å². The van der Waals surface area contributed by atoms with Gasteiger partial charge in [-0.05, 0) is 13.8 Å². The highest BCUT2D eigenvalue weighted by atomic mass is 32.2. The number of urea groups is 1. The number of hydrogen-bond acceptors (Lipinski definition) is 5. The molecule has 1 rings (SSSR count). The molecule has 3 N–H and O–H groups in total. The van der Waals surface area contributed by atoms with E-state index in [4.69, 9.17) is 5.73 Å². The number of imide groups is 1. The molecule has 0 spiro atoms. The monoisotopic (exact) mass is 245 g/mol. The number of carbonyl (C=O) groups is 2. The minimum Gasteiger partial charge on any atom is -0.351 e. The maximum Gasteiger partial charge on any atom is 0.318 e. The summed E-state index contributed by atoms with van der Waals surface area (Å²) in [6.45, 7) is 3.58. The minimum atomic E-state index is -0.831. The van der Waals surface area contributed by atoms with Gasteiger partial charge in [0, 0.05) is 11.1 Å². The molecule has 1 heterocycles. The molecule has 3 amide bonds. The second kappa shape index (κ2) is 5.13. The average Bonchev–Trinajstić information content (AvgIpc) is 2.50. The van der Waals surface area contributed by atoms with E-state index in [0.29, 0.717) is 0 Å². The normalized spacial score (nSPS) is 12.1. The first-order valence-electron chi connectivity index (χ1n) is 4.18. The molecule has 0 aliphatic rings. The number of carbonyl (C=O) groups excluding carboxylic acids is 2. The molecule has 0 bridgehead atoms. The third kappa shape index (κ3) is 3.88. The van der Waals surface area contributed by atoms with Gasteiger partial charge in [0.1, 0.15) is 0 Å². The third-order valence-electron chi connectivity index (χ3n) is 1.49. The van der Waals surface area contributed by atoms with E-state index >= 15 is 0 Å². The van der Waals surface area contributed by atoms with E-state index < -0.39 is 11.9 Å². The van der Waals surface area contributed by atoms with Crippen LogP contribution in [0.2, 0.25) is 0 Å². The van der Waals surface area contributed by atoms with Gasteiger partial charge in [0.15, 0.2) is 4.34 Å². The van der Waals surface area contributed by atoms with Gasteiger partial charge >= 0.3 is 6.03 Å². The zero-order valence-corrected chi connectivity index (χ0v) is 9.95. The zero-order chi connectivity index (χ0) is 11.4. The first-order valence-corrected chi connectivity index (χ1v) is 5.94. The fraction of sp³-hybridized carbons (Fsp3) is 0.375. The third-order valence-corrected chi connectivity index (χ3v) is 3.68. The Labute approximate surface area is 95.5 Å². The van der Waals surface area contributed by atoms with Gasteiger partial charge in [-0.1, -0.05) is 11.8 Å². The predicted octanol–water partition coefficient (Wildman–Crippen LogP) is 1.13. The van der Waals surface area contributed by atoms with Crippen LogP contribution >= 0.6 is 23.1 Å². The molecule has 0 saturated carbocycles. The Hall–Kier alpha value is -1.08. The molecule has 0 saturated heterocycles. The first-order chi connectivity index (χ1) is 6.99. The molecule has 7 heteroatoms. The summed E-state index contributed by atoms with van der Waals surface area (Å²) in [5.41, 5.74) is 5.76. The van der Waals surface area contributed by atoms with Crippen molar-refractivity contribution < 1.29 is 9.59 Å². The van der Waals surface area contributed by atoms with E-state index in [1.54, 1.807) is 6.92 Å². The summed E-state index contributed by atoms with van der Waals surface area (Å²) < 4.78 is 0.805. The highest BCUT2D eigenvalue weighted by Crippen LogP contribution is 2.26. The Morgan fingerprint density at radius 2 is 2.33 bits per heavy atom. The van der Waals surface area contributed by atoms with Crippen molar-refractivity contribution in [3.05, 3.63) is 11.1 Å². The van der Waals surface area contributed by atoms with Crippen molar-refractivity contribution in [2.75, 3.05) is 0 Å². The number of primary amides is 1. The Balaban J connectivity index is 2.51. The van der Waals surface area contributed by atoms with E-state index in [2.05, 4.69) is 4.98 Å². The lowest BCUT2D eigenvalue weighted by molar-refractivity contribution is -0.119. The van der Waals surface area contributed by atoms with E-state index in [-0.39, 0.29) is 5.25 Å². The number of nitrogens with zero attached hydrogens (tertiary/aromatic N) is 1. The number of nitrogens with one attached hydrogen (secondary N) is 1. The highest BCUT2D eigenvalue weighted by molar-refractivity contribution is 8.02. The predicted molar refractivity (Wildman–Crippen MR) is 59.9 cm³/mol. The number of hydrogen-bond donors (Lipinski definition) is 2. The SMILES string of the molecule is Cc1csc(SC(C)C(=O)NC(N)=O)n1. The minimum absolute atomic E-state index is 0.386. The number of aromatic nitrogens is 1. The van der Waals surface area contributed by atoms with E-state index in [9.17, 15) is 9.59 Å². The summed E-state index contributed by atoms with van der Waals surface area (Å²) in [5, 5.41) is 3.54. The quantitative estimate of drug-likeness (QED) is 0.782. The number of thioether (sulfide) groups is 1. The average molecular weight is 245 g/mol. The second-order valence-corrected chi connectivity index (χ2v) is 5.31. The van der Waals surface area contributed by atoms with Gasteiger partial charge in [-0.25, -0.2) is 9.78 Å². The summed E-state index contributed by atoms with van der Waals surface area (Å²) in [6, 6.07) is -0.831. The Bertz CT molecular complexity index is 378. The number of aryl methyl sites for hydroxylation is 1. The lowest BCUT2D eigenvalue weighted by Gasteiger charge is -2.07. The van der Waals surface area contributed by atoms with Crippen LogP contribution in [-0.2, 0) is 4.79 Å². The van der Waals surface area contributed by atoms with E-state index in [0.717, 1.165) is 10.0 Å². The largest absolute Gasteiger partial charge is 0.351 e. The molecule has 5 nitrogen and oxygen atoms in total. The number of nitrogens with two attached hydrogens (primary N) is 1. The van der Waals surface area contributed by atoms with Gasteiger partial charge in [-0.2, -0.15) is 0 Å². The van der Waals surface area contributed by atoms with Crippen molar-refractivity contribution in [1.29, 1.82) is 0 Å². The van der Waals surface area contributed by atoms with Gasteiger partial charge in [0.25, 0.3) is 0 Å². The summed E-state index contributed by atoms with van der Waals surface area (Å²) in [5.74, 6) is -0.402. The van der Waals surface area contributed by atoms with Gasteiger partial charge in [0.2, 0.25) is 5.91 Å². The molecule has 1 aromatic heterocycles. The van der Waals surface area contributed by atoms with Crippen LogP contribution in [0.15, 0.2) is 9.72 Å². The van der Waals surface area contributed by atoms with Gasteiger partial charge in [-0.15, -0.1) is 11.3 Å². The van der Waals surface area contributed by atoms with Crippen molar-refractivity contribution >= 4 is 35.0 Å². The van der Waals surface area contributed by atoms with Crippen LogP contribution in [0.5, 0.6) is 0 Å². The fourth-order valence-electron chi connectivity index (χ4n) is 0.814. The molecule has 0 fully saturated rings. The maximum absolute atomic E-state index is 11.3. The summed E-state index contributed by atoms with van der Waals surface area (Å²) >= 11 is 2.77. The topological polar surface area (TPSA) is 85.1 Å². The van der Waals surface area contributed by atoms with E-state index in [1.807, 2.05) is 17.6 Å². The van der Waals surface area contributed by atoms with Crippen LogP contribution < -0.4 is 11.1 Å². The molecular weight excluding hydrogens is 234 g/mol. The molecule has 1 aromatic rings. The second-order valence-electron chi connectivity index (χ2n) is 2.87. The van der Waals surface area contributed by atoms with Crippen LogP contribution in [0.4, 0.5) is 4.79 Å². The van der Waals surface area contributed by atoms with Crippen LogP contribution in [0.1, 0.15) is 12.6 Å². The molecule has 82 valence electrons. The lowest BCUT2D eigenvalue weighted by Crippen LogP contribution is -2.39. The number of thiazole rings is 1. The molecule has 15 heavy (non-hydrogen) atoms. The van der Waals surface area contributed by atoms with Gasteiger partial charge < -0.3 is 5.73 Å². The fourth-order valence-corrected chi connectivity index (χ4v) is 2.80. The maximum atomic E-state index is 11.3. The summed E-state index contributed by atoms with van der Waals surface area (Å²) in [7, 11) is 0. The van der Waals surface area contributed by atoms with Crippen molar-refractivity contribution in [2.24, 2.45) is 5.73 Å². The number of rotatable bonds is 3. The van der Waals surface area contributed by atoms with Crippen molar-refractivity contribution in [3.63, 3.8) is 0 Å². The molecular formula is C8H11N3O2S2. The van der Waals surface area contributed by atoms with Crippen LogP contribution in [0.3, 0.4) is 0 Å². The van der Waals surface area contributed by atoms with Crippen LogP contribution in [-0.4, -0.2) is 22.2 Å². The Morgan fingerprint density at radius 3 is 2.80 bits per heavy atom. The van der Waals surface area contributed by atoms with Crippen molar-refractivity contribution in [3.8, 4) is 0 Å². The molecule has 0 aromatic carbocycles. The van der Waals surface area contributed by atoms with Gasteiger partial charge in [0.05, 0.1) is 5.25 Å². The molecule has 0 aliphatic heterocycles. The Morgan fingerprint density at radius 1 is 1.67 bits per heavy atom. The lowest BCUT2D eigenvalue weighted by atomic mass is 10.4. The summed E-state index contributed by atoms with van der Waals surface area (Å²) in [6.07, 6.45) is 0. The Kier molecular flexibility index (Phi) is 4.10. The van der Waals surface area contributed by atoms with Crippen LogP contribution in [0.25, 0.3) is 0 Å². The molecule has 0 aliphatic carbocycles. The number of amides is 3. The van der Waals surface area contributed by atoms with E-state index in [1.165, 1.54) is 23.1 Å². The summed E-state index contributed by atoms with van der Waals surface area (Å²) in [4.78, 5) is 25.9. The van der Waals surface area contributed by atoms with Crippen molar-refractivity contribution in [2.45, 2.75) is 23.4 Å². The molecule has 1 atom stereocenters. The first kappa shape index (κ1) is 12.0. The van der Waals surface area contributed by atoms with Gasteiger partial charge in [-0.3, -0.25) is 10.1 Å².